The van der Waals surface area contributed by atoms with Gasteiger partial charge in [-0.25, -0.2) is 0 Å². The molecule has 122 valence electrons. The molecule has 0 atom stereocenters. The molecule has 0 aliphatic carbocycles. The average molecular weight is 313 g/mol. The van der Waals surface area contributed by atoms with Crippen LogP contribution in [-0.4, -0.2) is 34.7 Å². The second-order valence-electron chi connectivity index (χ2n) is 6.51. The third-order valence-electron chi connectivity index (χ3n) is 3.45. The van der Waals surface area contributed by atoms with E-state index in [9.17, 15) is 4.79 Å². The highest BCUT2D eigenvalue weighted by molar-refractivity contribution is 5.93. The standard InChI is InChI=1S/C17H23N5O/c1-17(2,3)16(23)19-14-5-6-15(21-20-14)22(4)12-9-13-7-10-18-11-8-13/h5-8,10-11H,9,12H2,1-4H3,(H,19,20,23). The predicted molar refractivity (Wildman–Crippen MR) is 91.3 cm³/mol. The Morgan fingerprint density at radius 2 is 1.83 bits per heavy atom. The Labute approximate surface area is 137 Å². The zero-order valence-electron chi connectivity index (χ0n) is 14.1. The van der Waals surface area contributed by atoms with E-state index in [-0.39, 0.29) is 5.91 Å². The summed E-state index contributed by atoms with van der Waals surface area (Å²) in [6.07, 6.45) is 4.49. The molecule has 2 aromatic rings. The van der Waals surface area contributed by atoms with Gasteiger partial charge in [-0.15, -0.1) is 10.2 Å². The molecule has 0 saturated heterocycles. The van der Waals surface area contributed by atoms with Crippen molar-refractivity contribution in [3.8, 4) is 0 Å². The fraction of sp³-hybridized carbons (Fsp3) is 0.412. The molecule has 2 aromatic heterocycles. The summed E-state index contributed by atoms with van der Waals surface area (Å²) >= 11 is 0. The fourth-order valence-corrected chi connectivity index (χ4v) is 1.86. The van der Waals surface area contributed by atoms with E-state index >= 15 is 0 Å². The summed E-state index contributed by atoms with van der Waals surface area (Å²) in [5.41, 5.74) is 0.774. The number of aromatic nitrogens is 3. The molecule has 0 spiro atoms. The molecule has 0 bridgehead atoms. The number of hydrogen-bond donors (Lipinski definition) is 1. The lowest BCUT2D eigenvalue weighted by Crippen LogP contribution is -2.28. The van der Waals surface area contributed by atoms with Crippen LogP contribution in [0.25, 0.3) is 0 Å². The maximum Gasteiger partial charge on any atom is 0.230 e. The third kappa shape index (κ3) is 5.02. The van der Waals surface area contributed by atoms with E-state index in [0.717, 1.165) is 18.8 Å². The van der Waals surface area contributed by atoms with Crippen LogP contribution in [0.5, 0.6) is 0 Å². The van der Waals surface area contributed by atoms with Crippen molar-refractivity contribution in [1.29, 1.82) is 0 Å². The Morgan fingerprint density at radius 3 is 2.39 bits per heavy atom. The minimum Gasteiger partial charge on any atom is -0.358 e. The van der Waals surface area contributed by atoms with Crippen LogP contribution >= 0.6 is 0 Å². The predicted octanol–water partition coefficient (Wildman–Crippen LogP) is 2.54. The van der Waals surface area contributed by atoms with Crippen LogP contribution < -0.4 is 10.2 Å². The SMILES string of the molecule is CN(CCc1ccncc1)c1ccc(NC(=O)C(C)(C)C)nn1. The molecule has 0 radical (unpaired) electrons. The molecule has 2 rings (SSSR count). The van der Waals surface area contributed by atoms with Gasteiger partial charge in [0.15, 0.2) is 11.6 Å². The number of anilines is 2. The van der Waals surface area contributed by atoms with Crippen molar-refractivity contribution in [2.24, 2.45) is 5.41 Å². The van der Waals surface area contributed by atoms with E-state index in [1.807, 2.05) is 50.9 Å². The summed E-state index contributed by atoms with van der Waals surface area (Å²) in [6, 6.07) is 7.64. The van der Waals surface area contributed by atoms with Crippen molar-refractivity contribution in [2.45, 2.75) is 27.2 Å². The highest BCUT2D eigenvalue weighted by atomic mass is 16.2. The molecule has 2 heterocycles. The summed E-state index contributed by atoms with van der Waals surface area (Å²) in [7, 11) is 1.97. The van der Waals surface area contributed by atoms with Crippen molar-refractivity contribution in [3.05, 3.63) is 42.2 Å². The molecule has 6 heteroatoms. The number of nitrogens with one attached hydrogen (secondary N) is 1. The summed E-state index contributed by atoms with van der Waals surface area (Å²) in [4.78, 5) is 18.0. The number of likely N-dealkylation sites (N-methyl/N-ethyl adjacent to an activating group) is 1. The van der Waals surface area contributed by atoms with Gasteiger partial charge in [0.05, 0.1) is 0 Å². The van der Waals surface area contributed by atoms with Crippen LogP contribution in [0.15, 0.2) is 36.7 Å². The van der Waals surface area contributed by atoms with Crippen molar-refractivity contribution in [3.63, 3.8) is 0 Å². The number of carbonyl (C=O) groups excluding carboxylic acids is 1. The topological polar surface area (TPSA) is 71.0 Å². The van der Waals surface area contributed by atoms with Gasteiger partial charge in [-0.3, -0.25) is 9.78 Å². The maximum atomic E-state index is 11.9. The second-order valence-corrected chi connectivity index (χ2v) is 6.51. The van der Waals surface area contributed by atoms with Crippen molar-refractivity contribution in [1.82, 2.24) is 15.2 Å². The lowest BCUT2D eigenvalue weighted by atomic mass is 9.96. The molecule has 0 aliphatic heterocycles. The normalized spacial score (nSPS) is 11.1. The van der Waals surface area contributed by atoms with Gasteiger partial charge < -0.3 is 10.2 Å². The number of rotatable bonds is 5. The Kier molecular flexibility index (Phi) is 5.26. The van der Waals surface area contributed by atoms with Crippen LogP contribution in [0.1, 0.15) is 26.3 Å². The number of hydrogen-bond acceptors (Lipinski definition) is 5. The zero-order valence-corrected chi connectivity index (χ0v) is 14.1. The Morgan fingerprint density at radius 1 is 1.13 bits per heavy atom. The number of amides is 1. The molecule has 1 amide bonds. The summed E-state index contributed by atoms with van der Waals surface area (Å²) in [5, 5.41) is 11.0. The van der Waals surface area contributed by atoms with E-state index in [4.69, 9.17) is 0 Å². The van der Waals surface area contributed by atoms with Crippen LogP contribution in [0.2, 0.25) is 0 Å². The quantitative estimate of drug-likeness (QED) is 0.918. The van der Waals surface area contributed by atoms with Crippen LogP contribution in [0.4, 0.5) is 11.6 Å². The van der Waals surface area contributed by atoms with E-state index in [1.165, 1.54) is 5.56 Å². The molecular weight excluding hydrogens is 290 g/mol. The Bertz CT molecular complexity index is 634. The lowest BCUT2D eigenvalue weighted by Gasteiger charge is -2.19. The first-order chi connectivity index (χ1) is 10.9. The Balaban J connectivity index is 1.92. The molecular formula is C17H23N5O. The number of pyridine rings is 1. The smallest absolute Gasteiger partial charge is 0.230 e. The molecule has 0 saturated carbocycles. The van der Waals surface area contributed by atoms with E-state index in [2.05, 4.69) is 20.5 Å². The highest BCUT2D eigenvalue weighted by Gasteiger charge is 2.21. The lowest BCUT2D eigenvalue weighted by molar-refractivity contribution is -0.123. The van der Waals surface area contributed by atoms with Gasteiger partial charge in [0.25, 0.3) is 0 Å². The monoisotopic (exact) mass is 313 g/mol. The fourth-order valence-electron chi connectivity index (χ4n) is 1.86. The summed E-state index contributed by atoms with van der Waals surface area (Å²) in [6.45, 7) is 6.40. The zero-order chi connectivity index (χ0) is 16.9. The van der Waals surface area contributed by atoms with E-state index < -0.39 is 5.41 Å². The molecule has 0 unspecified atom stereocenters. The highest BCUT2D eigenvalue weighted by Crippen LogP contribution is 2.17. The van der Waals surface area contributed by atoms with Gasteiger partial charge in [0.2, 0.25) is 5.91 Å². The molecule has 23 heavy (non-hydrogen) atoms. The minimum absolute atomic E-state index is 0.0782. The number of nitrogens with zero attached hydrogens (tertiary/aromatic N) is 4. The maximum absolute atomic E-state index is 11.9. The molecule has 0 aliphatic rings. The van der Waals surface area contributed by atoms with E-state index in [0.29, 0.717) is 5.82 Å². The van der Waals surface area contributed by atoms with Crippen LogP contribution in [-0.2, 0) is 11.2 Å². The largest absolute Gasteiger partial charge is 0.358 e. The van der Waals surface area contributed by atoms with Crippen molar-refractivity contribution < 1.29 is 4.79 Å². The summed E-state index contributed by atoms with van der Waals surface area (Å²) in [5.74, 6) is 1.16. The van der Waals surface area contributed by atoms with E-state index in [1.54, 1.807) is 18.5 Å². The molecule has 0 fully saturated rings. The van der Waals surface area contributed by atoms with Gasteiger partial charge in [-0.05, 0) is 36.2 Å². The third-order valence-corrected chi connectivity index (χ3v) is 3.45. The molecule has 1 N–H and O–H groups in total. The summed E-state index contributed by atoms with van der Waals surface area (Å²) < 4.78 is 0. The van der Waals surface area contributed by atoms with Gasteiger partial charge in [0.1, 0.15) is 0 Å². The van der Waals surface area contributed by atoms with Gasteiger partial charge in [-0.1, -0.05) is 20.8 Å². The first kappa shape index (κ1) is 16.9. The van der Waals surface area contributed by atoms with Gasteiger partial charge >= 0.3 is 0 Å². The Hall–Kier alpha value is -2.50. The van der Waals surface area contributed by atoms with Crippen LogP contribution in [0, 0.1) is 5.41 Å². The first-order valence-electron chi connectivity index (χ1n) is 7.61. The van der Waals surface area contributed by atoms with Crippen molar-refractivity contribution in [2.75, 3.05) is 23.8 Å². The first-order valence-corrected chi connectivity index (χ1v) is 7.61. The minimum atomic E-state index is -0.457. The molecule has 0 aromatic carbocycles. The average Bonchev–Trinajstić information content (AvgIpc) is 2.53. The van der Waals surface area contributed by atoms with Gasteiger partial charge in [-0.2, -0.15) is 0 Å². The van der Waals surface area contributed by atoms with Crippen LogP contribution in [0.3, 0.4) is 0 Å². The van der Waals surface area contributed by atoms with Crippen molar-refractivity contribution >= 4 is 17.5 Å². The number of carbonyl (C=O) groups is 1. The molecule has 6 nitrogen and oxygen atoms in total. The second kappa shape index (κ2) is 7.17. The van der Waals surface area contributed by atoms with Gasteiger partial charge in [0, 0.05) is 31.4 Å².